The van der Waals surface area contributed by atoms with Crippen molar-refractivity contribution in [1.82, 2.24) is 19.6 Å². The van der Waals surface area contributed by atoms with Gasteiger partial charge in [0, 0.05) is 45.5 Å². The number of piperazine rings is 1. The Hall–Kier alpha value is -1.63. The molecule has 6 heteroatoms. The molecule has 134 valence electrons. The maximum atomic E-state index is 5.51. The average molecular weight is 341 g/mol. The Morgan fingerprint density at radius 3 is 2.88 bits per heavy atom. The fraction of sp³-hybridized carbons (Fsp3) is 0.632. The van der Waals surface area contributed by atoms with Crippen LogP contribution in [0.2, 0.25) is 0 Å². The first-order valence-electron chi connectivity index (χ1n) is 9.64. The number of pyridine rings is 1. The first kappa shape index (κ1) is 15.6. The molecule has 0 aromatic carbocycles. The second-order valence-electron chi connectivity index (χ2n) is 7.54. The van der Waals surface area contributed by atoms with Gasteiger partial charge in [0.1, 0.15) is 11.5 Å². The van der Waals surface area contributed by atoms with E-state index in [1.807, 2.05) is 0 Å². The zero-order valence-corrected chi connectivity index (χ0v) is 14.7. The second-order valence-corrected chi connectivity index (χ2v) is 7.54. The summed E-state index contributed by atoms with van der Waals surface area (Å²) in [4.78, 5) is 10.0. The highest BCUT2D eigenvalue weighted by molar-refractivity contribution is 5.53. The molecule has 1 aliphatic carbocycles. The van der Waals surface area contributed by atoms with Crippen molar-refractivity contribution in [1.29, 1.82) is 0 Å². The van der Waals surface area contributed by atoms with Crippen molar-refractivity contribution in [2.24, 2.45) is 5.92 Å². The van der Waals surface area contributed by atoms with E-state index < -0.39 is 0 Å². The topological polar surface area (TPSA) is 45.0 Å². The summed E-state index contributed by atoms with van der Waals surface area (Å²) < 4.78 is 7.78. The van der Waals surface area contributed by atoms with Gasteiger partial charge >= 0.3 is 0 Å². The molecule has 6 nitrogen and oxygen atoms in total. The number of nitrogens with zero attached hydrogens (tertiary/aromatic N) is 4. The van der Waals surface area contributed by atoms with E-state index in [0.29, 0.717) is 6.04 Å². The summed E-state index contributed by atoms with van der Waals surface area (Å²) in [5.41, 5.74) is 2.25. The van der Waals surface area contributed by atoms with Crippen LogP contribution in [0.1, 0.15) is 24.6 Å². The number of hydrogen-bond donors (Lipinski definition) is 1. The van der Waals surface area contributed by atoms with E-state index in [1.54, 1.807) is 0 Å². The third-order valence-corrected chi connectivity index (χ3v) is 5.71. The highest BCUT2D eigenvalue weighted by Crippen LogP contribution is 2.33. The van der Waals surface area contributed by atoms with E-state index in [1.165, 1.54) is 30.9 Å². The fourth-order valence-electron chi connectivity index (χ4n) is 4.11. The smallest absolute Gasteiger partial charge is 0.138 e. The van der Waals surface area contributed by atoms with Gasteiger partial charge in [-0.2, -0.15) is 0 Å². The molecule has 2 aromatic heterocycles. The van der Waals surface area contributed by atoms with Gasteiger partial charge in [0.05, 0.1) is 24.9 Å². The molecule has 1 atom stereocenters. The second kappa shape index (κ2) is 6.59. The Morgan fingerprint density at radius 1 is 1.16 bits per heavy atom. The molecule has 2 saturated heterocycles. The molecular formula is C19H27N5O. The van der Waals surface area contributed by atoms with Gasteiger partial charge in [0.15, 0.2) is 0 Å². The van der Waals surface area contributed by atoms with Crippen LogP contribution < -0.4 is 10.2 Å². The quantitative estimate of drug-likeness (QED) is 0.914. The van der Waals surface area contributed by atoms with Gasteiger partial charge < -0.3 is 15.0 Å². The van der Waals surface area contributed by atoms with Crippen LogP contribution in [0.15, 0.2) is 24.4 Å². The fourth-order valence-corrected chi connectivity index (χ4v) is 4.11. The molecule has 4 heterocycles. The largest absolute Gasteiger partial charge is 0.378 e. The lowest BCUT2D eigenvalue weighted by Crippen LogP contribution is -2.46. The molecule has 0 unspecified atom stereocenters. The molecule has 25 heavy (non-hydrogen) atoms. The van der Waals surface area contributed by atoms with Crippen LogP contribution in [0.5, 0.6) is 0 Å². The highest BCUT2D eigenvalue weighted by atomic mass is 16.5. The van der Waals surface area contributed by atoms with Gasteiger partial charge in [-0.05, 0) is 30.9 Å². The lowest BCUT2D eigenvalue weighted by Gasteiger charge is -2.35. The van der Waals surface area contributed by atoms with Crippen molar-refractivity contribution >= 4 is 11.5 Å². The summed E-state index contributed by atoms with van der Waals surface area (Å²) >= 11 is 0. The van der Waals surface area contributed by atoms with Crippen LogP contribution in [0, 0.1) is 5.92 Å². The van der Waals surface area contributed by atoms with Crippen LogP contribution >= 0.6 is 0 Å². The number of fused-ring (bicyclic) bond motifs is 1. The molecular weight excluding hydrogens is 314 g/mol. The molecule has 5 rings (SSSR count). The van der Waals surface area contributed by atoms with E-state index in [2.05, 4.69) is 43.9 Å². The van der Waals surface area contributed by atoms with Crippen molar-refractivity contribution in [2.45, 2.75) is 18.9 Å². The van der Waals surface area contributed by atoms with Crippen molar-refractivity contribution < 1.29 is 4.74 Å². The summed E-state index contributed by atoms with van der Waals surface area (Å²) in [7, 11) is 0. The average Bonchev–Trinajstić information content (AvgIpc) is 3.37. The number of aromatic nitrogens is 2. The van der Waals surface area contributed by atoms with Crippen molar-refractivity contribution in [3.8, 4) is 0 Å². The molecule has 2 aliphatic heterocycles. The zero-order valence-electron chi connectivity index (χ0n) is 14.7. The van der Waals surface area contributed by atoms with Crippen molar-refractivity contribution in [2.75, 3.05) is 57.4 Å². The number of imidazole rings is 1. The third kappa shape index (κ3) is 3.14. The Balaban J connectivity index is 1.46. The predicted octanol–water partition coefficient (Wildman–Crippen LogP) is 1.53. The Kier molecular flexibility index (Phi) is 4.12. The number of nitrogens with one attached hydrogen (secondary N) is 1. The van der Waals surface area contributed by atoms with Gasteiger partial charge in [-0.1, -0.05) is 6.07 Å². The van der Waals surface area contributed by atoms with Crippen LogP contribution in [0.4, 0.5) is 5.82 Å². The van der Waals surface area contributed by atoms with E-state index in [-0.39, 0.29) is 0 Å². The van der Waals surface area contributed by atoms with E-state index in [4.69, 9.17) is 9.72 Å². The number of ether oxygens (including phenoxy) is 1. The Labute approximate surface area is 148 Å². The van der Waals surface area contributed by atoms with Crippen LogP contribution in [0.25, 0.3) is 5.65 Å². The van der Waals surface area contributed by atoms with Crippen LogP contribution in [-0.2, 0) is 4.74 Å². The number of hydrogen-bond acceptors (Lipinski definition) is 5. The minimum Gasteiger partial charge on any atom is -0.378 e. The molecule has 2 aromatic rings. The summed E-state index contributed by atoms with van der Waals surface area (Å²) in [6, 6.07) is 6.84. The summed E-state index contributed by atoms with van der Waals surface area (Å²) in [5, 5.41) is 3.56. The van der Waals surface area contributed by atoms with Crippen molar-refractivity contribution in [3.05, 3.63) is 30.1 Å². The first-order chi connectivity index (χ1) is 12.4. The monoisotopic (exact) mass is 341 g/mol. The number of anilines is 1. The molecule has 0 spiro atoms. The molecule has 3 fully saturated rings. The Morgan fingerprint density at radius 2 is 2.04 bits per heavy atom. The van der Waals surface area contributed by atoms with Gasteiger partial charge in [0.2, 0.25) is 0 Å². The molecule has 0 amide bonds. The summed E-state index contributed by atoms with van der Waals surface area (Å²) in [6.45, 7) is 7.97. The maximum absolute atomic E-state index is 5.51. The minimum atomic E-state index is 0.395. The van der Waals surface area contributed by atoms with Crippen molar-refractivity contribution in [3.63, 3.8) is 0 Å². The standard InChI is InChI=1S/C19H27N5O/c1-2-18-21-16(17-12-20-6-7-23(17)13-15-4-5-15)14-24(18)19(3-1)22-8-10-25-11-9-22/h1-3,14-15,17,20H,4-13H2/t17-/m0/s1. The molecule has 0 bridgehead atoms. The lowest BCUT2D eigenvalue weighted by atomic mass is 10.1. The normalized spacial score (nSPS) is 25.6. The number of rotatable bonds is 4. The molecule has 1 saturated carbocycles. The van der Waals surface area contributed by atoms with Gasteiger partial charge in [-0.25, -0.2) is 4.98 Å². The third-order valence-electron chi connectivity index (χ3n) is 5.71. The zero-order chi connectivity index (χ0) is 16.6. The lowest BCUT2D eigenvalue weighted by molar-refractivity contribution is 0.122. The predicted molar refractivity (Wildman–Crippen MR) is 98.1 cm³/mol. The van der Waals surface area contributed by atoms with E-state index >= 15 is 0 Å². The summed E-state index contributed by atoms with van der Waals surface area (Å²) in [6.07, 6.45) is 5.07. The van der Waals surface area contributed by atoms with Gasteiger partial charge in [-0.15, -0.1) is 0 Å². The molecule has 0 radical (unpaired) electrons. The minimum absolute atomic E-state index is 0.395. The van der Waals surface area contributed by atoms with E-state index in [0.717, 1.165) is 57.5 Å². The highest BCUT2D eigenvalue weighted by Gasteiger charge is 2.31. The first-order valence-corrected chi connectivity index (χ1v) is 9.64. The molecule has 3 aliphatic rings. The SMILES string of the molecule is c1cc(N2CCOCC2)n2cc([C@@H]3CNCCN3CC3CC3)nc2c1. The van der Waals surface area contributed by atoms with E-state index in [9.17, 15) is 0 Å². The van der Waals surface area contributed by atoms with Crippen LogP contribution in [-0.4, -0.2) is 66.8 Å². The molecule has 1 N–H and O–H groups in total. The Bertz CT molecular complexity index is 734. The number of morpholine rings is 1. The van der Waals surface area contributed by atoms with Gasteiger partial charge in [0.25, 0.3) is 0 Å². The van der Waals surface area contributed by atoms with Gasteiger partial charge in [-0.3, -0.25) is 9.30 Å². The maximum Gasteiger partial charge on any atom is 0.138 e. The van der Waals surface area contributed by atoms with Crippen LogP contribution in [0.3, 0.4) is 0 Å². The summed E-state index contributed by atoms with van der Waals surface area (Å²) in [5.74, 6) is 2.15.